The van der Waals surface area contributed by atoms with E-state index in [1.54, 1.807) is 11.3 Å². The van der Waals surface area contributed by atoms with Crippen molar-refractivity contribution in [3.8, 4) is 11.5 Å². The van der Waals surface area contributed by atoms with Crippen LogP contribution < -0.4 is 9.47 Å². The van der Waals surface area contributed by atoms with Gasteiger partial charge in [0.2, 0.25) is 18.6 Å². The summed E-state index contributed by atoms with van der Waals surface area (Å²) in [6.07, 6.45) is 0.780. The Balaban J connectivity index is 1.28. The zero-order valence-corrected chi connectivity index (χ0v) is 15.2. The monoisotopic (exact) mass is 372 g/mol. The zero-order chi connectivity index (χ0) is 17.9. The molecule has 26 heavy (non-hydrogen) atoms. The van der Waals surface area contributed by atoms with Crippen LogP contribution in [-0.2, 0) is 22.4 Å². The Kier molecular flexibility index (Phi) is 4.79. The van der Waals surface area contributed by atoms with Crippen molar-refractivity contribution in [3.63, 3.8) is 0 Å². The summed E-state index contributed by atoms with van der Waals surface area (Å²) < 4.78 is 10.7. The Labute approximate surface area is 155 Å². The second-order valence-electron chi connectivity index (χ2n) is 6.38. The molecule has 2 amide bonds. The van der Waals surface area contributed by atoms with Gasteiger partial charge in [-0.3, -0.25) is 9.59 Å². The molecular formula is C19H20N2O4S. The summed E-state index contributed by atoms with van der Waals surface area (Å²) in [7, 11) is 0. The Morgan fingerprint density at radius 2 is 1.62 bits per heavy atom. The third-order valence-electron chi connectivity index (χ3n) is 4.68. The molecule has 6 nitrogen and oxygen atoms in total. The van der Waals surface area contributed by atoms with Gasteiger partial charge < -0.3 is 19.3 Å². The van der Waals surface area contributed by atoms with Gasteiger partial charge in [-0.2, -0.15) is 0 Å². The fraction of sp³-hybridized carbons (Fsp3) is 0.368. The fourth-order valence-electron chi connectivity index (χ4n) is 3.22. The van der Waals surface area contributed by atoms with Crippen molar-refractivity contribution in [1.29, 1.82) is 0 Å². The number of amides is 2. The molecule has 0 N–H and O–H groups in total. The number of thiophene rings is 1. The quantitative estimate of drug-likeness (QED) is 0.823. The van der Waals surface area contributed by atoms with E-state index < -0.39 is 0 Å². The molecule has 4 rings (SSSR count). The smallest absolute Gasteiger partial charge is 0.231 e. The van der Waals surface area contributed by atoms with Crippen LogP contribution in [0.2, 0.25) is 0 Å². The predicted octanol–water partition coefficient (Wildman–Crippen LogP) is 1.93. The number of hydrogen-bond donors (Lipinski definition) is 0. The van der Waals surface area contributed by atoms with Gasteiger partial charge in [0.25, 0.3) is 0 Å². The first kappa shape index (κ1) is 16.9. The van der Waals surface area contributed by atoms with Crippen LogP contribution in [0.25, 0.3) is 0 Å². The number of nitrogens with zero attached hydrogens (tertiary/aromatic N) is 2. The average Bonchev–Trinajstić information content (AvgIpc) is 3.33. The fourth-order valence-corrected chi connectivity index (χ4v) is 3.91. The topological polar surface area (TPSA) is 59.1 Å². The summed E-state index contributed by atoms with van der Waals surface area (Å²) in [5.74, 6) is 1.63. The second kappa shape index (κ2) is 7.37. The molecule has 1 fully saturated rings. The first-order valence-corrected chi connectivity index (χ1v) is 9.53. The van der Waals surface area contributed by atoms with Crippen molar-refractivity contribution in [2.24, 2.45) is 0 Å². The minimum absolute atomic E-state index is 0.0780. The van der Waals surface area contributed by atoms with Gasteiger partial charge >= 0.3 is 0 Å². The molecule has 1 saturated heterocycles. The van der Waals surface area contributed by atoms with E-state index in [1.807, 2.05) is 45.5 Å². The molecule has 0 saturated carbocycles. The third-order valence-corrected chi connectivity index (χ3v) is 5.56. The molecule has 7 heteroatoms. The number of piperazine rings is 1. The van der Waals surface area contributed by atoms with E-state index in [0.717, 1.165) is 16.2 Å². The summed E-state index contributed by atoms with van der Waals surface area (Å²) in [6, 6.07) is 9.53. The summed E-state index contributed by atoms with van der Waals surface area (Å²) in [5, 5.41) is 1.98. The third kappa shape index (κ3) is 3.67. The van der Waals surface area contributed by atoms with E-state index in [4.69, 9.17) is 9.47 Å². The van der Waals surface area contributed by atoms with E-state index in [1.165, 1.54) is 0 Å². The number of hydrogen-bond acceptors (Lipinski definition) is 5. The number of fused-ring (bicyclic) bond motifs is 1. The summed E-state index contributed by atoms with van der Waals surface area (Å²) >= 11 is 1.60. The maximum atomic E-state index is 12.6. The van der Waals surface area contributed by atoms with Crippen LogP contribution in [0.4, 0.5) is 0 Å². The van der Waals surface area contributed by atoms with Crippen LogP contribution in [0.3, 0.4) is 0 Å². The molecule has 0 spiro atoms. The summed E-state index contributed by atoms with van der Waals surface area (Å²) in [6.45, 7) is 2.58. The van der Waals surface area contributed by atoms with Gasteiger partial charge in [-0.1, -0.05) is 12.1 Å². The van der Waals surface area contributed by atoms with Crippen molar-refractivity contribution < 1.29 is 19.1 Å². The number of carbonyl (C=O) groups excluding carboxylic acids is 2. The number of carbonyl (C=O) groups is 2. The highest BCUT2D eigenvalue weighted by Crippen LogP contribution is 2.32. The molecule has 0 radical (unpaired) electrons. The van der Waals surface area contributed by atoms with Crippen molar-refractivity contribution in [2.75, 3.05) is 33.0 Å². The van der Waals surface area contributed by atoms with Crippen LogP contribution in [0.1, 0.15) is 10.4 Å². The van der Waals surface area contributed by atoms with Gasteiger partial charge in [0, 0.05) is 31.1 Å². The molecule has 1 aromatic carbocycles. The lowest BCUT2D eigenvalue weighted by atomic mass is 10.1. The molecule has 0 bridgehead atoms. The van der Waals surface area contributed by atoms with Crippen LogP contribution in [-0.4, -0.2) is 54.6 Å². The predicted molar refractivity (Wildman–Crippen MR) is 97.5 cm³/mol. The van der Waals surface area contributed by atoms with Gasteiger partial charge in [0.05, 0.1) is 12.8 Å². The normalized spacial score (nSPS) is 16.0. The highest BCUT2D eigenvalue weighted by atomic mass is 32.1. The van der Waals surface area contributed by atoms with E-state index >= 15 is 0 Å². The molecule has 1 aromatic heterocycles. The SMILES string of the molecule is O=C(Cc1ccc2c(c1)OCO2)N1CCN(C(=O)Cc2cccs2)CC1. The maximum absolute atomic E-state index is 12.6. The zero-order valence-electron chi connectivity index (χ0n) is 14.3. The largest absolute Gasteiger partial charge is 0.454 e. The van der Waals surface area contributed by atoms with Gasteiger partial charge in [0.15, 0.2) is 11.5 Å². The van der Waals surface area contributed by atoms with Crippen LogP contribution >= 0.6 is 11.3 Å². The lowest BCUT2D eigenvalue weighted by Gasteiger charge is -2.35. The molecule has 2 aliphatic rings. The molecular weight excluding hydrogens is 352 g/mol. The van der Waals surface area contributed by atoms with E-state index in [-0.39, 0.29) is 18.6 Å². The van der Waals surface area contributed by atoms with E-state index in [2.05, 4.69) is 0 Å². The van der Waals surface area contributed by atoms with Crippen molar-refractivity contribution in [3.05, 3.63) is 46.2 Å². The van der Waals surface area contributed by atoms with Gasteiger partial charge in [-0.25, -0.2) is 0 Å². The Hall–Kier alpha value is -2.54. The summed E-state index contributed by atoms with van der Waals surface area (Å²) in [5.41, 5.74) is 0.912. The van der Waals surface area contributed by atoms with E-state index in [0.29, 0.717) is 44.8 Å². The van der Waals surface area contributed by atoms with Crippen LogP contribution in [0.15, 0.2) is 35.7 Å². The van der Waals surface area contributed by atoms with Crippen LogP contribution in [0.5, 0.6) is 11.5 Å². The average molecular weight is 372 g/mol. The second-order valence-corrected chi connectivity index (χ2v) is 7.41. The van der Waals surface area contributed by atoms with Crippen molar-refractivity contribution in [1.82, 2.24) is 9.80 Å². The Bertz CT molecular complexity index is 798. The van der Waals surface area contributed by atoms with Crippen molar-refractivity contribution >= 4 is 23.2 Å². The molecule has 0 aliphatic carbocycles. The minimum Gasteiger partial charge on any atom is -0.454 e. The number of ether oxygens (including phenoxy) is 2. The molecule has 0 atom stereocenters. The maximum Gasteiger partial charge on any atom is 0.231 e. The lowest BCUT2D eigenvalue weighted by molar-refractivity contribution is -0.138. The first-order chi connectivity index (χ1) is 12.7. The molecule has 3 heterocycles. The molecule has 136 valence electrons. The molecule has 0 unspecified atom stereocenters. The first-order valence-electron chi connectivity index (χ1n) is 8.65. The number of benzene rings is 1. The molecule has 2 aromatic rings. The Morgan fingerprint density at radius 3 is 2.31 bits per heavy atom. The highest BCUT2D eigenvalue weighted by molar-refractivity contribution is 7.10. The van der Waals surface area contributed by atoms with Gasteiger partial charge in [-0.15, -0.1) is 11.3 Å². The van der Waals surface area contributed by atoms with Gasteiger partial charge in [0.1, 0.15) is 0 Å². The lowest BCUT2D eigenvalue weighted by Crippen LogP contribution is -2.51. The molecule has 2 aliphatic heterocycles. The Morgan fingerprint density at radius 1 is 0.923 bits per heavy atom. The number of rotatable bonds is 4. The van der Waals surface area contributed by atoms with E-state index in [9.17, 15) is 9.59 Å². The van der Waals surface area contributed by atoms with Crippen LogP contribution in [0, 0.1) is 0 Å². The van der Waals surface area contributed by atoms with Crippen molar-refractivity contribution in [2.45, 2.75) is 12.8 Å². The minimum atomic E-state index is 0.0780. The summed E-state index contributed by atoms with van der Waals surface area (Å²) in [4.78, 5) is 29.7. The highest BCUT2D eigenvalue weighted by Gasteiger charge is 2.24. The standard InChI is InChI=1S/C19H20N2O4S/c22-18(11-14-3-4-16-17(10-14)25-13-24-16)20-5-7-21(8-6-20)19(23)12-15-2-1-9-26-15/h1-4,9-10H,5-8,11-13H2. The van der Waals surface area contributed by atoms with Gasteiger partial charge in [-0.05, 0) is 29.1 Å².